The topological polar surface area (TPSA) is 71.6 Å². The van der Waals surface area contributed by atoms with Crippen LogP contribution in [-0.2, 0) is 0 Å². The average molecular weight is 439 g/mol. The van der Waals surface area contributed by atoms with E-state index in [4.69, 9.17) is 10.8 Å². The number of nitrogen functional groups attached to an aromatic ring is 1. The van der Waals surface area contributed by atoms with Crippen molar-refractivity contribution in [2.24, 2.45) is 5.10 Å². The lowest BCUT2D eigenvalue weighted by Gasteiger charge is -2.20. The van der Waals surface area contributed by atoms with Gasteiger partial charge in [-0.05, 0) is 48.4 Å². The van der Waals surface area contributed by atoms with Gasteiger partial charge in [-0.2, -0.15) is 5.10 Å². The van der Waals surface area contributed by atoms with Crippen LogP contribution >= 0.6 is 34.0 Å². The number of aromatic nitrogens is 1. The van der Waals surface area contributed by atoms with Crippen LogP contribution in [0.3, 0.4) is 0 Å². The van der Waals surface area contributed by atoms with Gasteiger partial charge in [0.05, 0.1) is 22.3 Å². The molecule has 4 aromatic heterocycles. The minimum Gasteiger partial charge on any atom is -0.397 e. The molecule has 1 aliphatic rings. The van der Waals surface area contributed by atoms with Gasteiger partial charge >= 0.3 is 0 Å². The molecule has 0 unspecified atom stereocenters. The molecule has 5 rings (SSSR count). The van der Waals surface area contributed by atoms with E-state index in [9.17, 15) is 4.79 Å². The number of thiophene rings is 3. The first kappa shape index (κ1) is 18.5. The van der Waals surface area contributed by atoms with Crippen molar-refractivity contribution in [3.63, 3.8) is 0 Å². The quantitative estimate of drug-likeness (QED) is 0.452. The standard InChI is InChI=1S/C21H18N4OS3/c1-11-9-12(2)23-20-17(11)18(22)19(29-20)21(26)25-14(16-6-4-8-28-16)10-13(24-25)15-5-3-7-27-15/h3-9,14H,10,22H2,1-2H3/t14-/m1/s1. The molecule has 0 radical (unpaired) electrons. The second kappa shape index (κ2) is 7.05. The molecule has 0 saturated carbocycles. The molecule has 1 atom stereocenters. The molecule has 0 spiro atoms. The maximum Gasteiger partial charge on any atom is 0.286 e. The van der Waals surface area contributed by atoms with Crippen molar-refractivity contribution in [1.82, 2.24) is 9.99 Å². The molecule has 146 valence electrons. The van der Waals surface area contributed by atoms with Crippen LogP contribution in [0.1, 0.15) is 43.1 Å². The molecule has 0 bridgehead atoms. The summed E-state index contributed by atoms with van der Waals surface area (Å²) < 4.78 is 0. The molecule has 4 aromatic rings. The number of hydrogen-bond acceptors (Lipinski definition) is 7. The lowest BCUT2D eigenvalue weighted by atomic mass is 10.1. The van der Waals surface area contributed by atoms with Gasteiger partial charge in [-0.15, -0.1) is 34.0 Å². The first-order chi connectivity index (χ1) is 14.0. The number of carbonyl (C=O) groups is 1. The van der Waals surface area contributed by atoms with Crippen LogP contribution in [0.25, 0.3) is 10.2 Å². The van der Waals surface area contributed by atoms with E-state index in [0.717, 1.165) is 36.9 Å². The highest BCUT2D eigenvalue weighted by Gasteiger charge is 2.36. The van der Waals surface area contributed by atoms with E-state index in [1.165, 1.54) is 11.3 Å². The third-order valence-electron chi connectivity index (χ3n) is 5.01. The molecule has 0 fully saturated rings. The summed E-state index contributed by atoms with van der Waals surface area (Å²) in [5, 5.41) is 11.3. The van der Waals surface area contributed by atoms with Crippen LogP contribution in [0.5, 0.6) is 0 Å². The summed E-state index contributed by atoms with van der Waals surface area (Å²) in [4.78, 5) is 21.7. The molecule has 29 heavy (non-hydrogen) atoms. The number of aryl methyl sites for hydroxylation is 2. The van der Waals surface area contributed by atoms with Crippen molar-refractivity contribution in [2.75, 3.05) is 5.73 Å². The molecule has 5 heterocycles. The number of rotatable bonds is 3. The Bertz CT molecular complexity index is 1240. The van der Waals surface area contributed by atoms with Gasteiger partial charge in [-0.25, -0.2) is 9.99 Å². The Balaban J connectivity index is 1.60. The predicted octanol–water partition coefficient (Wildman–Crippen LogP) is 5.61. The van der Waals surface area contributed by atoms with Gasteiger partial charge < -0.3 is 5.73 Å². The summed E-state index contributed by atoms with van der Waals surface area (Å²) in [7, 11) is 0. The van der Waals surface area contributed by atoms with Gasteiger partial charge in [-0.3, -0.25) is 4.79 Å². The third-order valence-corrected chi connectivity index (χ3v) is 7.99. The van der Waals surface area contributed by atoms with Gasteiger partial charge in [0.1, 0.15) is 9.71 Å². The lowest BCUT2D eigenvalue weighted by molar-refractivity contribution is 0.0720. The van der Waals surface area contributed by atoms with Crippen LogP contribution in [-0.4, -0.2) is 21.6 Å². The Morgan fingerprint density at radius 2 is 2.00 bits per heavy atom. The number of anilines is 1. The minimum atomic E-state index is -0.160. The number of hydrazone groups is 1. The molecule has 2 N–H and O–H groups in total. The highest BCUT2D eigenvalue weighted by atomic mass is 32.1. The van der Waals surface area contributed by atoms with Crippen LogP contribution in [0.2, 0.25) is 0 Å². The Kier molecular flexibility index (Phi) is 4.49. The first-order valence-corrected chi connectivity index (χ1v) is 11.7. The van der Waals surface area contributed by atoms with E-state index in [0.29, 0.717) is 17.0 Å². The SMILES string of the molecule is Cc1cc(C)c2c(N)c(C(=O)N3N=C(c4cccs4)C[C@@H]3c3cccs3)sc2n1. The van der Waals surface area contributed by atoms with E-state index in [-0.39, 0.29) is 11.9 Å². The van der Waals surface area contributed by atoms with Crippen LogP contribution in [0, 0.1) is 13.8 Å². The number of nitrogens with zero attached hydrogens (tertiary/aromatic N) is 3. The zero-order valence-corrected chi connectivity index (χ0v) is 18.3. The van der Waals surface area contributed by atoms with E-state index in [1.807, 2.05) is 48.9 Å². The molecule has 8 heteroatoms. The minimum absolute atomic E-state index is 0.111. The molecule has 0 saturated heterocycles. The van der Waals surface area contributed by atoms with Crippen molar-refractivity contribution in [3.8, 4) is 0 Å². The fourth-order valence-corrected chi connectivity index (χ4v) is 6.41. The van der Waals surface area contributed by atoms with E-state index < -0.39 is 0 Å². The Hall–Kier alpha value is -2.55. The van der Waals surface area contributed by atoms with E-state index in [2.05, 4.69) is 11.1 Å². The Morgan fingerprint density at radius 3 is 2.72 bits per heavy atom. The van der Waals surface area contributed by atoms with Crippen molar-refractivity contribution in [2.45, 2.75) is 26.3 Å². The highest BCUT2D eigenvalue weighted by Crippen LogP contribution is 2.41. The number of hydrogen-bond donors (Lipinski definition) is 1. The molecule has 1 aliphatic heterocycles. The molecule has 0 aromatic carbocycles. The monoisotopic (exact) mass is 438 g/mol. The maximum atomic E-state index is 13.6. The molecule has 0 aliphatic carbocycles. The maximum absolute atomic E-state index is 13.6. The number of amides is 1. The van der Waals surface area contributed by atoms with Crippen molar-refractivity contribution >= 4 is 61.5 Å². The average Bonchev–Trinajstić information content (AvgIpc) is 3.46. The number of pyridine rings is 1. The van der Waals surface area contributed by atoms with Crippen molar-refractivity contribution in [1.29, 1.82) is 0 Å². The Labute approximate surface area is 180 Å². The largest absolute Gasteiger partial charge is 0.397 e. The number of nitrogens with two attached hydrogens (primary N) is 1. The van der Waals surface area contributed by atoms with Gasteiger partial charge in [0.15, 0.2) is 0 Å². The second-order valence-electron chi connectivity index (χ2n) is 7.01. The highest BCUT2D eigenvalue weighted by molar-refractivity contribution is 7.21. The summed E-state index contributed by atoms with van der Waals surface area (Å²) in [6, 6.07) is 10.0. The van der Waals surface area contributed by atoms with E-state index in [1.54, 1.807) is 27.7 Å². The molecular formula is C21H18N4OS3. The molecular weight excluding hydrogens is 420 g/mol. The van der Waals surface area contributed by atoms with Crippen LogP contribution in [0.4, 0.5) is 5.69 Å². The van der Waals surface area contributed by atoms with Gasteiger partial charge in [0, 0.05) is 22.4 Å². The summed E-state index contributed by atoms with van der Waals surface area (Å²) in [6.07, 6.45) is 0.702. The zero-order chi connectivity index (χ0) is 20.1. The summed E-state index contributed by atoms with van der Waals surface area (Å²) >= 11 is 4.64. The van der Waals surface area contributed by atoms with Crippen molar-refractivity contribution in [3.05, 3.63) is 67.0 Å². The van der Waals surface area contributed by atoms with Crippen molar-refractivity contribution < 1.29 is 4.79 Å². The van der Waals surface area contributed by atoms with Gasteiger partial charge in [0.2, 0.25) is 0 Å². The van der Waals surface area contributed by atoms with Crippen LogP contribution < -0.4 is 5.73 Å². The van der Waals surface area contributed by atoms with Gasteiger partial charge in [-0.1, -0.05) is 12.1 Å². The smallest absolute Gasteiger partial charge is 0.286 e. The zero-order valence-electron chi connectivity index (χ0n) is 15.9. The molecule has 5 nitrogen and oxygen atoms in total. The summed E-state index contributed by atoms with van der Waals surface area (Å²) in [6.45, 7) is 3.96. The first-order valence-electron chi connectivity index (χ1n) is 9.17. The third kappa shape index (κ3) is 3.08. The summed E-state index contributed by atoms with van der Waals surface area (Å²) in [5.74, 6) is -0.160. The number of fused-ring (bicyclic) bond motifs is 1. The van der Waals surface area contributed by atoms with Gasteiger partial charge in [0.25, 0.3) is 5.91 Å². The van der Waals surface area contributed by atoms with Crippen LogP contribution in [0.15, 0.2) is 46.2 Å². The number of carbonyl (C=O) groups excluding carboxylic acids is 1. The lowest BCUT2D eigenvalue weighted by Crippen LogP contribution is -2.26. The fourth-order valence-electron chi connectivity index (χ4n) is 3.72. The predicted molar refractivity (Wildman–Crippen MR) is 122 cm³/mol. The Morgan fingerprint density at radius 1 is 1.21 bits per heavy atom. The molecule has 1 amide bonds. The normalized spacial score (nSPS) is 16.6. The fraction of sp³-hybridized carbons (Fsp3) is 0.190. The van der Waals surface area contributed by atoms with E-state index >= 15 is 0 Å². The summed E-state index contributed by atoms with van der Waals surface area (Å²) in [5.41, 5.74) is 9.84. The second-order valence-corrected chi connectivity index (χ2v) is 9.94.